The van der Waals surface area contributed by atoms with E-state index < -0.39 is 0 Å². The molecule has 1 aliphatic rings. The number of anilines is 1. The van der Waals surface area contributed by atoms with Gasteiger partial charge in [0, 0.05) is 6.42 Å². The molecule has 112 valence electrons. The number of nitrogens with zero attached hydrogens (tertiary/aromatic N) is 2. The first-order valence-electron chi connectivity index (χ1n) is 7.21. The average Bonchev–Trinajstić information content (AvgIpc) is 2.45. The minimum absolute atomic E-state index is 0.180. The average molecular weight is 298 g/mol. The second-order valence-electron chi connectivity index (χ2n) is 5.43. The maximum absolute atomic E-state index is 13.3. The minimum atomic E-state index is -0.288. The summed E-state index contributed by atoms with van der Waals surface area (Å²) in [7, 11) is 1.83. The summed E-state index contributed by atoms with van der Waals surface area (Å²) in [5.74, 6) is -0.310. The highest BCUT2D eigenvalue weighted by Crippen LogP contribution is 2.26. The number of benzene rings is 1. The van der Waals surface area contributed by atoms with Crippen LogP contribution in [0, 0.1) is 5.82 Å². The van der Waals surface area contributed by atoms with Crippen molar-refractivity contribution in [3.8, 4) is 0 Å². The first kappa shape index (κ1) is 14.5. The molecule has 0 bridgehead atoms. The highest BCUT2D eigenvalue weighted by Gasteiger charge is 2.30. The SMILES string of the molecule is Bc1cc(F)ccc1[C@H]1Cc2nc(N)nc(CC)c2C(=O)N1. The van der Waals surface area contributed by atoms with Gasteiger partial charge in [0.1, 0.15) is 13.7 Å². The number of nitrogen functional groups attached to an aromatic ring is 1. The third-order valence-corrected chi connectivity index (χ3v) is 3.95. The predicted molar refractivity (Wildman–Crippen MR) is 84.3 cm³/mol. The second-order valence-corrected chi connectivity index (χ2v) is 5.43. The number of nitrogens with two attached hydrogens (primary N) is 1. The highest BCUT2D eigenvalue weighted by molar-refractivity contribution is 6.33. The van der Waals surface area contributed by atoms with Gasteiger partial charge in [-0.05, 0) is 24.1 Å². The lowest BCUT2D eigenvalue weighted by Crippen LogP contribution is -2.39. The Morgan fingerprint density at radius 1 is 1.45 bits per heavy atom. The summed E-state index contributed by atoms with van der Waals surface area (Å²) in [6.07, 6.45) is 1.13. The molecule has 1 aliphatic heterocycles. The van der Waals surface area contributed by atoms with Crippen molar-refractivity contribution >= 4 is 25.2 Å². The van der Waals surface area contributed by atoms with Crippen molar-refractivity contribution in [3.05, 3.63) is 46.5 Å². The molecule has 0 spiro atoms. The lowest BCUT2D eigenvalue weighted by molar-refractivity contribution is 0.0922. The molecule has 5 nitrogen and oxygen atoms in total. The van der Waals surface area contributed by atoms with Crippen LogP contribution in [0.25, 0.3) is 0 Å². The summed E-state index contributed by atoms with van der Waals surface area (Å²) in [5.41, 5.74) is 9.25. The van der Waals surface area contributed by atoms with Gasteiger partial charge in [-0.15, -0.1) is 0 Å². The van der Waals surface area contributed by atoms with Crippen molar-refractivity contribution in [2.45, 2.75) is 25.8 Å². The first-order valence-corrected chi connectivity index (χ1v) is 7.21. The molecule has 22 heavy (non-hydrogen) atoms. The van der Waals surface area contributed by atoms with Crippen LogP contribution in [0.1, 0.15) is 40.3 Å². The summed E-state index contributed by atoms with van der Waals surface area (Å²) in [6, 6.07) is 4.32. The Morgan fingerprint density at radius 3 is 2.91 bits per heavy atom. The van der Waals surface area contributed by atoms with Crippen LogP contribution in [-0.4, -0.2) is 23.7 Å². The summed E-state index contributed by atoms with van der Waals surface area (Å²) in [4.78, 5) is 20.8. The smallest absolute Gasteiger partial charge is 0.255 e. The molecule has 1 amide bonds. The number of rotatable bonds is 2. The molecule has 1 aromatic carbocycles. The number of nitrogens with one attached hydrogen (secondary N) is 1. The van der Waals surface area contributed by atoms with E-state index in [1.807, 2.05) is 14.8 Å². The Bertz CT molecular complexity index is 765. The predicted octanol–water partition coefficient (Wildman–Crippen LogP) is 0.0459. The number of carbonyl (C=O) groups is 1. The van der Waals surface area contributed by atoms with E-state index in [-0.39, 0.29) is 23.7 Å². The van der Waals surface area contributed by atoms with E-state index >= 15 is 0 Å². The number of hydrogen-bond acceptors (Lipinski definition) is 4. The number of halogens is 1. The van der Waals surface area contributed by atoms with Crippen molar-refractivity contribution in [2.24, 2.45) is 0 Å². The zero-order valence-corrected chi connectivity index (χ0v) is 12.5. The Balaban J connectivity index is 2.04. The molecule has 2 heterocycles. The summed E-state index contributed by atoms with van der Waals surface area (Å²) in [5, 5.41) is 2.96. The van der Waals surface area contributed by atoms with Crippen molar-refractivity contribution in [1.29, 1.82) is 0 Å². The number of aromatic nitrogens is 2. The first-order chi connectivity index (χ1) is 10.5. The summed E-state index contributed by atoms with van der Waals surface area (Å²) in [6.45, 7) is 1.92. The summed E-state index contributed by atoms with van der Waals surface area (Å²) >= 11 is 0. The Morgan fingerprint density at radius 2 is 2.23 bits per heavy atom. The van der Waals surface area contributed by atoms with E-state index in [0.717, 1.165) is 11.0 Å². The molecule has 0 fully saturated rings. The molecule has 0 radical (unpaired) electrons. The Hall–Kier alpha value is -2.44. The normalized spacial score (nSPS) is 17.0. The molecule has 3 N–H and O–H groups in total. The van der Waals surface area contributed by atoms with Crippen LogP contribution in [0.15, 0.2) is 18.2 Å². The largest absolute Gasteiger partial charge is 0.368 e. The van der Waals surface area contributed by atoms with Gasteiger partial charge in [-0.25, -0.2) is 14.4 Å². The van der Waals surface area contributed by atoms with Crippen molar-refractivity contribution < 1.29 is 9.18 Å². The minimum Gasteiger partial charge on any atom is -0.368 e. The van der Waals surface area contributed by atoms with Crippen molar-refractivity contribution in [1.82, 2.24) is 15.3 Å². The molecule has 1 aromatic heterocycles. The highest BCUT2D eigenvalue weighted by atomic mass is 19.1. The number of aryl methyl sites for hydroxylation is 1. The van der Waals surface area contributed by atoms with Gasteiger partial charge in [-0.3, -0.25) is 4.79 Å². The van der Waals surface area contributed by atoms with Crippen LogP contribution < -0.4 is 16.5 Å². The molecular formula is C15H16BFN4O. The molecule has 0 saturated heterocycles. The van der Waals surface area contributed by atoms with Crippen LogP contribution in [-0.2, 0) is 12.8 Å². The third-order valence-electron chi connectivity index (χ3n) is 3.95. The topological polar surface area (TPSA) is 80.9 Å². The van der Waals surface area contributed by atoms with E-state index in [1.165, 1.54) is 12.1 Å². The molecule has 7 heteroatoms. The van der Waals surface area contributed by atoms with E-state index in [2.05, 4.69) is 15.3 Å². The number of carbonyl (C=O) groups excluding carboxylic acids is 1. The fraction of sp³-hybridized carbons (Fsp3) is 0.267. The molecule has 0 saturated carbocycles. The molecule has 3 rings (SSSR count). The maximum Gasteiger partial charge on any atom is 0.255 e. The van der Waals surface area contributed by atoms with Crippen LogP contribution >= 0.6 is 0 Å². The maximum atomic E-state index is 13.3. The molecule has 0 aliphatic carbocycles. The zero-order valence-electron chi connectivity index (χ0n) is 12.5. The van der Waals surface area contributed by atoms with Gasteiger partial charge in [0.2, 0.25) is 5.95 Å². The van der Waals surface area contributed by atoms with Gasteiger partial charge in [-0.1, -0.05) is 18.5 Å². The van der Waals surface area contributed by atoms with Gasteiger partial charge in [0.25, 0.3) is 5.91 Å². The Labute approximate surface area is 128 Å². The van der Waals surface area contributed by atoms with Crippen LogP contribution in [0.2, 0.25) is 0 Å². The molecule has 0 unspecified atom stereocenters. The zero-order chi connectivity index (χ0) is 15.9. The van der Waals surface area contributed by atoms with Crippen LogP contribution in [0.5, 0.6) is 0 Å². The van der Waals surface area contributed by atoms with Gasteiger partial charge >= 0.3 is 0 Å². The molecule has 1 atom stereocenters. The lowest BCUT2D eigenvalue weighted by atomic mass is 9.83. The fourth-order valence-corrected chi connectivity index (χ4v) is 2.94. The van der Waals surface area contributed by atoms with Gasteiger partial charge in [0.15, 0.2) is 0 Å². The fourth-order valence-electron chi connectivity index (χ4n) is 2.94. The van der Waals surface area contributed by atoms with Crippen molar-refractivity contribution in [3.63, 3.8) is 0 Å². The number of amides is 1. The van der Waals surface area contributed by atoms with Gasteiger partial charge < -0.3 is 11.1 Å². The Kier molecular flexibility index (Phi) is 3.56. The quantitative estimate of drug-likeness (QED) is 0.768. The number of hydrogen-bond donors (Lipinski definition) is 2. The second kappa shape index (κ2) is 5.40. The molecular weight excluding hydrogens is 282 g/mol. The van der Waals surface area contributed by atoms with Gasteiger partial charge in [-0.2, -0.15) is 0 Å². The standard InChI is InChI=1S/C15H16BFN4O/c1-2-10-13-12(21-15(18)20-10)6-11(19-14(13)22)8-4-3-7(17)5-9(8)16/h3-5,11H,2,6,16H2,1H3,(H,19,22)(H2,18,20,21)/t11-/m1/s1. The van der Waals surface area contributed by atoms with Crippen LogP contribution in [0.3, 0.4) is 0 Å². The number of fused-ring (bicyclic) bond motifs is 1. The van der Waals surface area contributed by atoms with E-state index in [4.69, 9.17) is 5.73 Å². The molecule has 2 aromatic rings. The third kappa shape index (κ3) is 2.43. The van der Waals surface area contributed by atoms with E-state index in [1.54, 1.807) is 6.07 Å². The van der Waals surface area contributed by atoms with Gasteiger partial charge in [0.05, 0.1) is 23.0 Å². The van der Waals surface area contributed by atoms with Crippen molar-refractivity contribution in [2.75, 3.05) is 5.73 Å². The van der Waals surface area contributed by atoms with E-state index in [0.29, 0.717) is 29.8 Å². The van der Waals surface area contributed by atoms with Crippen LogP contribution in [0.4, 0.5) is 10.3 Å². The lowest BCUT2D eigenvalue weighted by Gasteiger charge is -2.27. The summed E-state index contributed by atoms with van der Waals surface area (Å²) < 4.78 is 13.3. The van der Waals surface area contributed by atoms with E-state index in [9.17, 15) is 9.18 Å². The monoisotopic (exact) mass is 298 g/mol.